The minimum atomic E-state index is 0.658. The molecule has 0 unspecified atom stereocenters. The summed E-state index contributed by atoms with van der Waals surface area (Å²) in [6.45, 7) is 6.41. The molecule has 2 N–H and O–H groups in total. The van der Waals surface area contributed by atoms with E-state index in [2.05, 4.69) is 35.8 Å². The summed E-state index contributed by atoms with van der Waals surface area (Å²) in [5.74, 6) is 0. The summed E-state index contributed by atoms with van der Waals surface area (Å²) in [5, 5.41) is 5.35. The van der Waals surface area contributed by atoms with E-state index in [4.69, 9.17) is 17.3 Å². The Labute approximate surface area is 119 Å². The average molecular weight is 281 g/mol. The molecule has 2 aromatic heterocycles. The quantitative estimate of drug-likeness (QED) is 0.884. The Morgan fingerprint density at radius 2 is 2.16 bits per heavy atom. The highest BCUT2D eigenvalue weighted by Crippen LogP contribution is 2.23. The third-order valence-corrected chi connectivity index (χ3v) is 3.77. The number of aromatic nitrogens is 3. The van der Waals surface area contributed by atoms with Crippen molar-refractivity contribution in [3.05, 3.63) is 40.4 Å². The largest absolute Gasteiger partial charge is 0.345 e. The molecule has 0 radical (unpaired) electrons. The van der Waals surface area contributed by atoms with Crippen LogP contribution in [0.3, 0.4) is 0 Å². The van der Waals surface area contributed by atoms with Crippen LogP contribution in [-0.2, 0) is 25.9 Å². The van der Waals surface area contributed by atoms with Gasteiger partial charge in [-0.25, -0.2) is 0 Å². The summed E-state index contributed by atoms with van der Waals surface area (Å²) in [6.07, 6.45) is 3.81. The normalized spacial score (nSPS) is 11.2. The first kappa shape index (κ1) is 14.2. The molecule has 0 amide bonds. The number of nitrogens with two attached hydrogens (primary N) is 1. The van der Waals surface area contributed by atoms with E-state index in [9.17, 15) is 0 Å². The van der Waals surface area contributed by atoms with E-state index in [0.29, 0.717) is 6.54 Å². The van der Waals surface area contributed by atoms with E-state index < -0.39 is 0 Å². The molecule has 5 heteroatoms. The van der Waals surface area contributed by atoms with Gasteiger partial charge in [0.1, 0.15) is 0 Å². The second kappa shape index (κ2) is 6.26. The predicted molar refractivity (Wildman–Crippen MR) is 78.6 cm³/mol. The fraction of sp³-hybridized carbons (Fsp3) is 0.500. The fourth-order valence-electron chi connectivity index (χ4n) is 2.31. The van der Waals surface area contributed by atoms with Crippen molar-refractivity contribution in [2.45, 2.75) is 39.8 Å². The Hall–Kier alpha value is -1.26. The van der Waals surface area contributed by atoms with Crippen LogP contribution < -0.4 is 5.73 Å². The van der Waals surface area contributed by atoms with Crippen molar-refractivity contribution < 1.29 is 0 Å². The van der Waals surface area contributed by atoms with Crippen molar-refractivity contribution >= 4 is 11.6 Å². The highest BCUT2D eigenvalue weighted by molar-refractivity contribution is 6.31. The van der Waals surface area contributed by atoms with Gasteiger partial charge in [0.05, 0.1) is 23.0 Å². The Morgan fingerprint density at radius 3 is 2.79 bits per heavy atom. The average Bonchev–Trinajstić information content (AvgIpc) is 2.97. The van der Waals surface area contributed by atoms with E-state index in [1.54, 1.807) is 0 Å². The Kier molecular flexibility index (Phi) is 4.66. The van der Waals surface area contributed by atoms with Crippen molar-refractivity contribution in [3.63, 3.8) is 0 Å². The molecule has 0 spiro atoms. The maximum atomic E-state index is 6.43. The van der Waals surface area contributed by atoms with Gasteiger partial charge in [-0.05, 0) is 38.4 Å². The molecule has 104 valence electrons. The van der Waals surface area contributed by atoms with E-state index >= 15 is 0 Å². The van der Waals surface area contributed by atoms with Gasteiger partial charge in [-0.2, -0.15) is 5.10 Å². The third-order valence-electron chi connectivity index (χ3n) is 3.34. The summed E-state index contributed by atoms with van der Waals surface area (Å²) >= 11 is 6.43. The zero-order valence-corrected chi connectivity index (χ0v) is 12.3. The number of hydrogen-bond donors (Lipinski definition) is 1. The number of aryl methyl sites for hydroxylation is 2. The van der Waals surface area contributed by atoms with Crippen LogP contribution in [0.2, 0.25) is 5.02 Å². The highest BCUT2D eigenvalue weighted by Gasteiger charge is 2.15. The summed E-state index contributed by atoms with van der Waals surface area (Å²) in [7, 11) is 0. The molecule has 0 saturated heterocycles. The molecule has 0 aromatic carbocycles. The Morgan fingerprint density at radius 1 is 1.37 bits per heavy atom. The molecule has 0 saturated carbocycles. The Bertz CT molecular complexity index is 542. The van der Waals surface area contributed by atoms with E-state index in [1.165, 1.54) is 5.69 Å². The third kappa shape index (κ3) is 2.85. The number of nitrogens with zero attached hydrogens (tertiary/aromatic N) is 3. The summed E-state index contributed by atoms with van der Waals surface area (Å²) in [4.78, 5) is 0. The van der Waals surface area contributed by atoms with E-state index in [0.717, 1.165) is 42.3 Å². The van der Waals surface area contributed by atoms with Crippen molar-refractivity contribution in [3.8, 4) is 0 Å². The molecule has 0 bridgehead atoms. The van der Waals surface area contributed by atoms with Crippen LogP contribution >= 0.6 is 11.6 Å². The standard InChI is InChI=1S/C14H21ClN4/c1-3-12-14(15)13(19(4-2)17-12)10-18-9-5-6-11(18)7-8-16/h5-6,9H,3-4,7-8,10,16H2,1-2H3. The van der Waals surface area contributed by atoms with Gasteiger partial charge in [-0.3, -0.25) is 4.68 Å². The van der Waals surface area contributed by atoms with Crippen LogP contribution in [0.5, 0.6) is 0 Å². The van der Waals surface area contributed by atoms with Crippen LogP contribution in [0.1, 0.15) is 30.9 Å². The molecule has 2 heterocycles. The lowest BCUT2D eigenvalue weighted by atomic mass is 10.2. The Balaban J connectivity index is 2.32. The van der Waals surface area contributed by atoms with Gasteiger partial charge in [0.15, 0.2) is 0 Å². The lowest BCUT2D eigenvalue weighted by Gasteiger charge is -2.10. The highest BCUT2D eigenvalue weighted by atomic mass is 35.5. The van der Waals surface area contributed by atoms with Gasteiger partial charge in [-0.15, -0.1) is 0 Å². The van der Waals surface area contributed by atoms with Gasteiger partial charge in [0, 0.05) is 18.4 Å². The van der Waals surface area contributed by atoms with Gasteiger partial charge >= 0.3 is 0 Å². The van der Waals surface area contributed by atoms with Gasteiger partial charge in [-0.1, -0.05) is 18.5 Å². The van der Waals surface area contributed by atoms with Gasteiger partial charge < -0.3 is 10.3 Å². The fourth-order valence-corrected chi connectivity index (χ4v) is 2.64. The summed E-state index contributed by atoms with van der Waals surface area (Å²) in [6, 6.07) is 4.15. The van der Waals surface area contributed by atoms with E-state index in [1.807, 2.05) is 10.7 Å². The minimum absolute atomic E-state index is 0.658. The SMILES string of the molecule is CCc1nn(CC)c(Cn2cccc2CCN)c1Cl. The first-order valence-corrected chi connectivity index (χ1v) is 7.17. The van der Waals surface area contributed by atoms with E-state index in [-0.39, 0.29) is 0 Å². The molecule has 0 aliphatic rings. The maximum absolute atomic E-state index is 6.43. The molecular formula is C14H21ClN4. The maximum Gasteiger partial charge on any atom is 0.0868 e. The summed E-state index contributed by atoms with van der Waals surface area (Å²) in [5.41, 5.74) is 8.93. The van der Waals surface area contributed by atoms with Crippen LogP contribution in [0.15, 0.2) is 18.3 Å². The smallest absolute Gasteiger partial charge is 0.0868 e. The molecule has 0 fully saturated rings. The monoisotopic (exact) mass is 280 g/mol. The van der Waals surface area contributed by atoms with Crippen molar-refractivity contribution in [2.75, 3.05) is 6.54 Å². The van der Waals surface area contributed by atoms with Crippen LogP contribution in [0, 0.1) is 0 Å². The lowest BCUT2D eigenvalue weighted by Crippen LogP contribution is -2.12. The summed E-state index contributed by atoms with van der Waals surface area (Å²) < 4.78 is 4.19. The minimum Gasteiger partial charge on any atom is -0.345 e. The second-order valence-electron chi connectivity index (χ2n) is 4.54. The molecule has 0 aliphatic carbocycles. The molecule has 0 aliphatic heterocycles. The van der Waals surface area contributed by atoms with Crippen molar-refractivity contribution in [1.82, 2.24) is 14.3 Å². The van der Waals surface area contributed by atoms with Crippen LogP contribution in [-0.4, -0.2) is 20.9 Å². The first-order valence-electron chi connectivity index (χ1n) is 6.79. The molecular weight excluding hydrogens is 260 g/mol. The lowest BCUT2D eigenvalue weighted by molar-refractivity contribution is 0.589. The number of halogens is 1. The van der Waals surface area contributed by atoms with Gasteiger partial charge in [0.25, 0.3) is 0 Å². The topological polar surface area (TPSA) is 48.8 Å². The van der Waals surface area contributed by atoms with Crippen molar-refractivity contribution in [1.29, 1.82) is 0 Å². The molecule has 19 heavy (non-hydrogen) atoms. The number of rotatable bonds is 6. The molecule has 2 rings (SSSR count). The number of hydrogen-bond acceptors (Lipinski definition) is 2. The van der Waals surface area contributed by atoms with Gasteiger partial charge in [0.2, 0.25) is 0 Å². The zero-order valence-electron chi connectivity index (χ0n) is 11.6. The predicted octanol–water partition coefficient (Wildman–Crippen LogP) is 2.47. The van der Waals surface area contributed by atoms with Crippen LogP contribution in [0.4, 0.5) is 0 Å². The first-order chi connectivity index (χ1) is 9.21. The second-order valence-corrected chi connectivity index (χ2v) is 4.92. The molecule has 4 nitrogen and oxygen atoms in total. The zero-order chi connectivity index (χ0) is 13.8. The molecule has 2 aromatic rings. The van der Waals surface area contributed by atoms with Crippen LogP contribution in [0.25, 0.3) is 0 Å². The molecule has 0 atom stereocenters. The van der Waals surface area contributed by atoms with Crippen molar-refractivity contribution in [2.24, 2.45) is 5.73 Å².